The first-order valence-corrected chi connectivity index (χ1v) is 13.7. The van der Waals surface area contributed by atoms with Crippen LogP contribution in [0.3, 0.4) is 0 Å². The van der Waals surface area contributed by atoms with E-state index >= 15 is 0 Å². The fourth-order valence-corrected chi connectivity index (χ4v) is 5.25. The third kappa shape index (κ3) is 6.97. The molecule has 0 saturated carbocycles. The van der Waals surface area contributed by atoms with Crippen LogP contribution in [0, 0.1) is 0 Å². The molecule has 0 fully saturated rings. The normalized spacial score (nSPS) is 17.5. The Morgan fingerprint density at radius 1 is 1.02 bits per heavy atom. The van der Waals surface area contributed by atoms with Gasteiger partial charge in [-0.3, -0.25) is 9.79 Å². The van der Waals surface area contributed by atoms with E-state index in [1.165, 1.54) is 6.07 Å². The van der Waals surface area contributed by atoms with Crippen molar-refractivity contribution in [3.8, 4) is 11.5 Å². The Hall–Kier alpha value is -3.94. The zero-order valence-corrected chi connectivity index (χ0v) is 23.1. The van der Waals surface area contributed by atoms with Crippen molar-refractivity contribution in [2.45, 2.75) is 63.8 Å². The lowest BCUT2D eigenvalue weighted by molar-refractivity contribution is -0.120. The summed E-state index contributed by atoms with van der Waals surface area (Å²) in [5, 5.41) is 35.0. The maximum atomic E-state index is 12.8. The van der Waals surface area contributed by atoms with Crippen LogP contribution in [0.2, 0.25) is 0 Å². The Labute approximate surface area is 235 Å². The molecule has 0 aromatic heterocycles. The molecule has 210 valence electrons. The van der Waals surface area contributed by atoms with Crippen LogP contribution in [-0.4, -0.2) is 39.6 Å². The van der Waals surface area contributed by atoms with Gasteiger partial charge in [0.2, 0.25) is 5.91 Å². The van der Waals surface area contributed by atoms with Gasteiger partial charge < -0.3 is 25.4 Å². The fraction of sp³-hybridized carbons (Fsp3) is 0.333. The number of nitrogens with one attached hydrogen (secondary N) is 1. The predicted octanol–water partition coefficient (Wildman–Crippen LogP) is 4.75. The van der Waals surface area contributed by atoms with Crippen LogP contribution in [0.1, 0.15) is 54.5 Å². The number of benzene rings is 3. The largest absolute Gasteiger partial charge is 0.508 e. The van der Waals surface area contributed by atoms with Gasteiger partial charge in [0.05, 0.1) is 30.8 Å². The van der Waals surface area contributed by atoms with Gasteiger partial charge in [0.15, 0.2) is 0 Å². The number of aliphatic imine (C=N–C) groups is 1. The van der Waals surface area contributed by atoms with E-state index in [2.05, 4.69) is 10.3 Å². The molecule has 0 aliphatic carbocycles. The Morgan fingerprint density at radius 3 is 2.55 bits per heavy atom. The maximum absolute atomic E-state index is 12.8. The second-order valence-corrected chi connectivity index (χ2v) is 10.3. The van der Waals surface area contributed by atoms with E-state index in [0.29, 0.717) is 37.1 Å². The Kier molecular flexibility index (Phi) is 9.40. The van der Waals surface area contributed by atoms with E-state index in [9.17, 15) is 20.1 Å². The number of amides is 1. The van der Waals surface area contributed by atoms with Gasteiger partial charge >= 0.3 is 0 Å². The van der Waals surface area contributed by atoms with Gasteiger partial charge in [0.1, 0.15) is 11.5 Å². The summed E-state index contributed by atoms with van der Waals surface area (Å²) in [4.78, 5) is 17.5. The molecule has 0 saturated heterocycles. The van der Waals surface area contributed by atoms with Gasteiger partial charge in [-0.2, -0.15) is 0 Å². The van der Waals surface area contributed by atoms with Crippen molar-refractivity contribution in [3.63, 3.8) is 0 Å². The van der Waals surface area contributed by atoms with Crippen molar-refractivity contribution in [1.29, 1.82) is 0 Å². The monoisotopic (exact) mass is 542 g/mol. The molecular weight excluding hydrogens is 504 g/mol. The highest BCUT2D eigenvalue weighted by atomic mass is 16.5. The summed E-state index contributed by atoms with van der Waals surface area (Å²) < 4.78 is 5.65. The zero-order chi connectivity index (χ0) is 28.6. The molecular formula is C33H38N2O5. The fourth-order valence-electron chi connectivity index (χ4n) is 5.25. The minimum atomic E-state index is -1.34. The van der Waals surface area contributed by atoms with Gasteiger partial charge in [-0.25, -0.2) is 0 Å². The Bertz CT molecular complexity index is 1370. The number of hydrogen-bond donors (Lipinski definition) is 4. The number of aliphatic hydroxyl groups is 2. The van der Waals surface area contributed by atoms with Crippen molar-refractivity contribution < 1.29 is 24.9 Å². The van der Waals surface area contributed by atoms with E-state index in [-0.39, 0.29) is 31.1 Å². The molecule has 40 heavy (non-hydrogen) atoms. The lowest BCUT2D eigenvalue weighted by Crippen LogP contribution is -2.38. The SMILES string of the molecule is CCOc1ccccc1CNC(=O)Cc1cccc(CC(O)(CC2(CC)C=CC=N2)c2ccc(O)c(CO)c2)c1. The minimum absolute atomic E-state index is 0.0190. The van der Waals surface area contributed by atoms with Gasteiger partial charge in [0.25, 0.3) is 0 Å². The standard InChI is InChI=1S/C33H38N2O5/c1-3-32(15-8-16-35-32)23-33(39,28-13-14-29(37)27(19-28)22-36)20-25-10-7-9-24(17-25)18-31(38)34-21-26-11-5-6-12-30(26)40-4-2/h5-17,19,36-37,39H,3-4,18,20-23H2,1-2H3,(H,34,38). The van der Waals surface area contributed by atoms with Gasteiger partial charge in [0, 0.05) is 36.7 Å². The molecule has 1 amide bonds. The third-order valence-corrected chi connectivity index (χ3v) is 7.42. The molecule has 3 aromatic rings. The molecule has 1 aliphatic heterocycles. The molecule has 1 aliphatic rings. The number of carbonyl (C=O) groups is 1. The van der Waals surface area contributed by atoms with Crippen LogP contribution in [0.15, 0.2) is 83.9 Å². The molecule has 7 nitrogen and oxygen atoms in total. The van der Waals surface area contributed by atoms with E-state index < -0.39 is 11.1 Å². The highest BCUT2D eigenvalue weighted by Gasteiger charge is 2.40. The summed E-state index contributed by atoms with van der Waals surface area (Å²) >= 11 is 0. The molecule has 3 aromatic carbocycles. The molecule has 0 spiro atoms. The average Bonchev–Trinajstić information content (AvgIpc) is 3.41. The van der Waals surface area contributed by atoms with Gasteiger partial charge in [-0.15, -0.1) is 0 Å². The number of phenols is 1. The first kappa shape index (κ1) is 29.1. The summed E-state index contributed by atoms with van der Waals surface area (Å²) in [5.41, 5.74) is 1.66. The number of allylic oxidation sites excluding steroid dienone is 1. The lowest BCUT2D eigenvalue weighted by Gasteiger charge is -2.36. The average molecular weight is 543 g/mol. The van der Waals surface area contributed by atoms with Crippen LogP contribution in [0.25, 0.3) is 0 Å². The minimum Gasteiger partial charge on any atom is -0.508 e. The molecule has 7 heteroatoms. The number of ether oxygens (including phenoxy) is 1. The van der Waals surface area contributed by atoms with Crippen molar-refractivity contribution >= 4 is 12.1 Å². The van der Waals surface area contributed by atoms with Crippen LogP contribution in [0.5, 0.6) is 11.5 Å². The third-order valence-electron chi connectivity index (χ3n) is 7.42. The quantitative estimate of drug-likeness (QED) is 0.249. The predicted molar refractivity (Wildman–Crippen MR) is 157 cm³/mol. The van der Waals surface area contributed by atoms with E-state index in [1.54, 1.807) is 18.3 Å². The highest BCUT2D eigenvalue weighted by Crippen LogP contribution is 2.40. The second kappa shape index (κ2) is 12.9. The molecule has 4 N–H and O–H groups in total. The number of aliphatic hydroxyl groups excluding tert-OH is 1. The molecule has 0 bridgehead atoms. The van der Waals surface area contributed by atoms with Crippen LogP contribution in [0.4, 0.5) is 0 Å². The first-order chi connectivity index (χ1) is 19.3. The molecule has 2 atom stereocenters. The number of para-hydroxylation sites is 1. The van der Waals surface area contributed by atoms with Crippen LogP contribution in [-0.2, 0) is 36.4 Å². The second-order valence-electron chi connectivity index (χ2n) is 10.3. The van der Waals surface area contributed by atoms with Gasteiger partial charge in [-0.1, -0.05) is 61.5 Å². The summed E-state index contributed by atoms with van der Waals surface area (Å²) in [7, 11) is 0. The molecule has 0 radical (unpaired) electrons. The van der Waals surface area contributed by atoms with E-state index in [1.807, 2.05) is 74.5 Å². The summed E-state index contributed by atoms with van der Waals surface area (Å²) in [6.07, 6.45) is 7.16. The summed E-state index contributed by atoms with van der Waals surface area (Å²) in [6.45, 7) is 4.55. The topological polar surface area (TPSA) is 111 Å². The molecule has 2 unspecified atom stereocenters. The first-order valence-electron chi connectivity index (χ1n) is 13.7. The Morgan fingerprint density at radius 2 is 1.82 bits per heavy atom. The number of rotatable bonds is 13. The van der Waals surface area contributed by atoms with Gasteiger partial charge in [-0.05, 0) is 54.3 Å². The highest BCUT2D eigenvalue weighted by molar-refractivity contribution is 5.78. The van der Waals surface area contributed by atoms with Crippen molar-refractivity contribution in [2.75, 3.05) is 6.61 Å². The van der Waals surface area contributed by atoms with Crippen LogP contribution >= 0.6 is 0 Å². The molecule has 1 heterocycles. The summed E-state index contributed by atoms with van der Waals surface area (Å²) in [6, 6.07) is 20.2. The number of hydrogen-bond acceptors (Lipinski definition) is 6. The lowest BCUT2D eigenvalue weighted by atomic mass is 9.75. The van der Waals surface area contributed by atoms with E-state index in [0.717, 1.165) is 22.4 Å². The summed E-state index contributed by atoms with van der Waals surface area (Å²) in [5.74, 6) is 0.631. The number of carbonyl (C=O) groups excluding carboxylic acids is 1. The maximum Gasteiger partial charge on any atom is 0.224 e. The number of nitrogens with zero attached hydrogens (tertiary/aromatic N) is 1. The van der Waals surface area contributed by atoms with E-state index in [4.69, 9.17) is 4.74 Å². The smallest absolute Gasteiger partial charge is 0.224 e. The van der Waals surface area contributed by atoms with Crippen molar-refractivity contribution in [3.05, 3.63) is 107 Å². The molecule has 4 rings (SSSR count). The zero-order valence-electron chi connectivity index (χ0n) is 23.1. The Balaban J connectivity index is 1.53. The number of aromatic hydroxyl groups is 1. The van der Waals surface area contributed by atoms with Crippen molar-refractivity contribution in [2.24, 2.45) is 4.99 Å². The van der Waals surface area contributed by atoms with Crippen LogP contribution < -0.4 is 10.1 Å². The van der Waals surface area contributed by atoms with Crippen molar-refractivity contribution in [1.82, 2.24) is 5.32 Å².